The smallest absolute Gasteiger partial charge is 0.237 e. The number of aryl methyl sites for hydroxylation is 1. The standard InChI is InChI=1S/C19H18ClN5O2S/c1-2-4-16-21-17(27-24-16)12-28-19-23-22-18(13-6-8-14(20)9-7-13)25(19)11-15-5-3-10-26-15/h3,5-10H,2,4,11-12H2,1H3. The van der Waals surface area contributed by atoms with Crippen LogP contribution in [0.15, 0.2) is 56.8 Å². The molecule has 0 spiro atoms. The van der Waals surface area contributed by atoms with Gasteiger partial charge in [0.1, 0.15) is 5.76 Å². The van der Waals surface area contributed by atoms with Crippen molar-refractivity contribution >= 4 is 23.4 Å². The van der Waals surface area contributed by atoms with Crippen molar-refractivity contribution in [3.8, 4) is 11.4 Å². The van der Waals surface area contributed by atoms with E-state index in [0.29, 0.717) is 23.2 Å². The molecule has 0 saturated carbocycles. The average molecular weight is 416 g/mol. The molecule has 0 radical (unpaired) electrons. The van der Waals surface area contributed by atoms with E-state index in [1.165, 1.54) is 11.8 Å². The molecule has 4 rings (SSSR count). The van der Waals surface area contributed by atoms with Gasteiger partial charge in [0.05, 0.1) is 18.6 Å². The largest absolute Gasteiger partial charge is 0.467 e. The van der Waals surface area contributed by atoms with Crippen LogP contribution >= 0.6 is 23.4 Å². The van der Waals surface area contributed by atoms with Gasteiger partial charge in [0, 0.05) is 17.0 Å². The number of aromatic nitrogens is 5. The molecule has 4 aromatic rings. The number of benzene rings is 1. The molecule has 0 aliphatic heterocycles. The molecule has 1 aromatic carbocycles. The Labute approximate surface area is 171 Å². The summed E-state index contributed by atoms with van der Waals surface area (Å²) in [5, 5.41) is 14.2. The zero-order chi connectivity index (χ0) is 19.3. The van der Waals surface area contributed by atoms with Crippen molar-refractivity contribution in [1.82, 2.24) is 24.9 Å². The van der Waals surface area contributed by atoms with E-state index in [1.807, 2.05) is 41.0 Å². The van der Waals surface area contributed by atoms with E-state index in [9.17, 15) is 0 Å². The number of furan rings is 1. The summed E-state index contributed by atoms with van der Waals surface area (Å²) in [5.74, 6) is 3.40. The van der Waals surface area contributed by atoms with Gasteiger partial charge in [0.15, 0.2) is 16.8 Å². The summed E-state index contributed by atoms with van der Waals surface area (Å²) in [6.45, 7) is 2.60. The summed E-state index contributed by atoms with van der Waals surface area (Å²) < 4.78 is 12.8. The van der Waals surface area contributed by atoms with Crippen LogP contribution in [0.4, 0.5) is 0 Å². The second kappa shape index (κ2) is 8.62. The Morgan fingerprint density at radius 1 is 1.14 bits per heavy atom. The number of rotatable bonds is 8. The van der Waals surface area contributed by atoms with Crippen molar-refractivity contribution in [2.24, 2.45) is 0 Å². The van der Waals surface area contributed by atoms with E-state index in [-0.39, 0.29) is 0 Å². The van der Waals surface area contributed by atoms with Crippen molar-refractivity contribution < 1.29 is 8.94 Å². The molecule has 0 fully saturated rings. The third-order valence-electron chi connectivity index (χ3n) is 4.02. The van der Waals surface area contributed by atoms with Gasteiger partial charge < -0.3 is 8.94 Å². The summed E-state index contributed by atoms with van der Waals surface area (Å²) in [4.78, 5) is 4.41. The lowest BCUT2D eigenvalue weighted by Gasteiger charge is -2.08. The first-order chi connectivity index (χ1) is 13.7. The monoisotopic (exact) mass is 415 g/mol. The van der Waals surface area contributed by atoms with Gasteiger partial charge in [-0.05, 0) is 42.8 Å². The average Bonchev–Trinajstić information content (AvgIpc) is 3.44. The number of nitrogens with zero attached hydrogens (tertiary/aromatic N) is 5. The zero-order valence-corrected chi connectivity index (χ0v) is 16.8. The zero-order valence-electron chi connectivity index (χ0n) is 15.2. The highest BCUT2D eigenvalue weighted by molar-refractivity contribution is 7.98. The fourth-order valence-corrected chi connectivity index (χ4v) is 3.61. The van der Waals surface area contributed by atoms with Crippen molar-refractivity contribution in [2.75, 3.05) is 0 Å². The Bertz CT molecular complexity index is 1030. The summed E-state index contributed by atoms with van der Waals surface area (Å²) >= 11 is 7.51. The number of thioether (sulfide) groups is 1. The minimum Gasteiger partial charge on any atom is -0.467 e. The number of halogens is 1. The van der Waals surface area contributed by atoms with Gasteiger partial charge in [-0.3, -0.25) is 4.57 Å². The van der Waals surface area contributed by atoms with Gasteiger partial charge in [-0.15, -0.1) is 10.2 Å². The topological polar surface area (TPSA) is 82.8 Å². The third-order valence-corrected chi connectivity index (χ3v) is 5.23. The van der Waals surface area contributed by atoms with Gasteiger partial charge >= 0.3 is 0 Å². The van der Waals surface area contributed by atoms with E-state index in [2.05, 4.69) is 27.3 Å². The van der Waals surface area contributed by atoms with Crippen molar-refractivity contribution in [3.05, 3.63) is 65.2 Å². The van der Waals surface area contributed by atoms with Gasteiger partial charge in [-0.25, -0.2) is 0 Å². The molecule has 144 valence electrons. The number of hydrogen-bond donors (Lipinski definition) is 0. The van der Waals surface area contributed by atoms with Crippen LogP contribution in [0.25, 0.3) is 11.4 Å². The van der Waals surface area contributed by atoms with Crippen LogP contribution in [0.5, 0.6) is 0 Å². The molecule has 3 aromatic heterocycles. The van der Waals surface area contributed by atoms with Gasteiger partial charge in [-0.1, -0.05) is 35.4 Å². The van der Waals surface area contributed by atoms with E-state index >= 15 is 0 Å². The lowest BCUT2D eigenvalue weighted by molar-refractivity contribution is 0.384. The Kier molecular flexibility index (Phi) is 5.78. The molecule has 3 heterocycles. The molecule has 0 bridgehead atoms. The minimum atomic E-state index is 0.519. The lowest BCUT2D eigenvalue weighted by atomic mass is 10.2. The second-order valence-corrected chi connectivity index (χ2v) is 7.50. The van der Waals surface area contributed by atoms with Crippen LogP contribution < -0.4 is 0 Å². The predicted molar refractivity (Wildman–Crippen MR) is 106 cm³/mol. The maximum Gasteiger partial charge on any atom is 0.237 e. The first-order valence-corrected chi connectivity index (χ1v) is 10.2. The summed E-state index contributed by atoms with van der Waals surface area (Å²) in [5.41, 5.74) is 0.929. The van der Waals surface area contributed by atoms with Gasteiger partial charge in [0.25, 0.3) is 0 Å². The molecule has 0 aliphatic carbocycles. The van der Waals surface area contributed by atoms with E-state index in [1.54, 1.807) is 6.26 Å². The van der Waals surface area contributed by atoms with E-state index in [4.69, 9.17) is 20.5 Å². The van der Waals surface area contributed by atoms with E-state index < -0.39 is 0 Å². The van der Waals surface area contributed by atoms with Crippen molar-refractivity contribution in [2.45, 2.75) is 37.2 Å². The Balaban J connectivity index is 1.59. The molecule has 7 nitrogen and oxygen atoms in total. The third kappa shape index (κ3) is 4.28. The van der Waals surface area contributed by atoms with Crippen molar-refractivity contribution in [1.29, 1.82) is 0 Å². The Hall–Kier alpha value is -2.58. The van der Waals surface area contributed by atoms with Crippen molar-refractivity contribution in [3.63, 3.8) is 0 Å². The summed E-state index contributed by atoms with van der Waals surface area (Å²) in [6, 6.07) is 11.3. The van der Waals surface area contributed by atoms with Crippen LogP contribution in [0.1, 0.15) is 30.8 Å². The van der Waals surface area contributed by atoms with E-state index in [0.717, 1.165) is 41.0 Å². The minimum absolute atomic E-state index is 0.519. The highest BCUT2D eigenvalue weighted by Crippen LogP contribution is 2.28. The summed E-state index contributed by atoms with van der Waals surface area (Å²) in [7, 11) is 0. The van der Waals surface area contributed by atoms with Crippen LogP contribution in [-0.4, -0.2) is 24.9 Å². The predicted octanol–water partition coefficient (Wildman–Crippen LogP) is 4.87. The molecule has 0 saturated heterocycles. The molecule has 0 N–H and O–H groups in total. The van der Waals surface area contributed by atoms with Crippen LogP contribution in [0, 0.1) is 0 Å². The SMILES string of the molecule is CCCc1noc(CSc2nnc(-c3ccc(Cl)cc3)n2Cc2ccco2)n1. The first-order valence-electron chi connectivity index (χ1n) is 8.88. The lowest BCUT2D eigenvalue weighted by Crippen LogP contribution is -2.03. The van der Waals surface area contributed by atoms with Gasteiger partial charge in [0.2, 0.25) is 5.89 Å². The highest BCUT2D eigenvalue weighted by Gasteiger charge is 2.17. The fraction of sp³-hybridized carbons (Fsp3) is 0.263. The Morgan fingerprint density at radius 2 is 2.00 bits per heavy atom. The molecular weight excluding hydrogens is 398 g/mol. The normalized spacial score (nSPS) is 11.2. The molecule has 0 aliphatic rings. The van der Waals surface area contributed by atoms with Gasteiger partial charge in [-0.2, -0.15) is 4.98 Å². The molecule has 0 unspecified atom stereocenters. The molecule has 28 heavy (non-hydrogen) atoms. The molecular formula is C19H18ClN5O2S. The maximum atomic E-state index is 6.02. The summed E-state index contributed by atoms with van der Waals surface area (Å²) in [6.07, 6.45) is 3.44. The van der Waals surface area contributed by atoms with Crippen LogP contribution in [0.3, 0.4) is 0 Å². The highest BCUT2D eigenvalue weighted by atomic mass is 35.5. The quantitative estimate of drug-likeness (QED) is 0.379. The molecule has 0 amide bonds. The van der Waals surface area contributed by atoms with Crippen LogP contribution in [-0.2, 0) is 18.7 Å². The second-order valence-electron chi connectivity index (χ2n) is 6.12. The maximum absolute atomic E-state index is 6.02. The number of hydrogen-bond acceptors (Lipinski definition) is 7. The Morgan fingerprint density at radius 3 is 2.75 bits per heavy atom. The van der Waals surface area contributed by atoms with Crippen LogP contribution in [0.2, 0.25) is 5.02 Å². The fourth-order valence-electron chi connectivity index (χ4n) is 2.71. The first kappa shape index (κ1) is 18.8. The molecule has 0 atom stereocenters. The molecule has 9 heteroatoms.